The average molecular weight is 520 g/mol. The summed E-state index contributed by atoms with van der Waals surface area (Å²) in [4.78, 5) is 24.9. The molecule has 196 valence electrons. The first-order valence-electron chi connectivity index (χ1n) is 10.3. The number of ether oxygens (including phenoxy) is 1. The molecule has 36 heavy (non-hydrogen) atoms. The standard InChI is InChI=1S/C18H19F3N6O.C3H3F3O2/c1-24-14-8-11(22)4-7-15(14)27-9-13(16(23)28)17(26-27)25-12-5-2-10(3-6-12)18(19,20)21;1-8-2(7)3(4,5)6/h2-3,5-6,9,11,14-15H,4,7-8,22H2,(H2,23,28)(H,25,26);1H3/t11-,14+,15+;/m0./s1. The highest BCUT2D eigenvalue weighted by Gasteiger charge is 2.40. The lowest BCUT2D eigenvalue weighted by Crippen LogP contribution is -2.36. The fourth-order valence-electron chi connectivity index (χ4n) is 3.44. The van der Waals surface area contributed by atoms with Gasteiger partial charge in [0.2, 0.25) is 6.04 Å². The molecule has 1 aliphatic rings. The number of alkyl halides is 6. The molecule has 1 aromatic carbocycles. The lowest BCUT2D eigenvalue weighted by atomic mass is 9.88. The number of hydrogen-bond donors (Lipinski definition) is 3. The number of anilines is 2. The van der Waals surface area contributed by atoms with E-state index in [0.717, 1.165) is 18.6 Å². The van der Waals surface area contributed by atoms with E-state index in [-0.39, 0.29) is 29.5 Å². The molecule has 1 aromatic heterocycles. The molecule has 1 heterocycles. The number of esters is 1. The van der Waals surface area contributed by atoms with E-state index in [2.05, 4.69) is 20.0 Å². The molecule has 1 fully saturated rings. The zero-order chi connectivity index (χ0) is 27.3. The summed E-state index contributed by atoms with van der Waals surface area (Å²) in [6, 6.07) is 3.68. The summed E-state index contributed by atoms with van der Waals surface area (Å²) in [5.41, 5.74) is 11.0. The maximum atomic E-state index is 12.7. The summed E-state index contributed by atoms with van der Waals surface area (Å²) < 4.78 is 75.9. The molecule has 15 heteroatoms. The van der Waals surface area contributed by atoms with Crippen molar-refractivity contribution in [2.45, 2.75) is 49.7 Å². The van der Waals surface area contributed by atoms with Gasteiger partial charge in [-0.2, -0.15) is 31.4 Å². The summed E-state index contributed by atoms with van der Waals surface area (Å²) in [6.45, 7) is 7.39. The number of nitrogens with one attached hydrogen (secondary N) is 1. The van der Waals surface area contributed by atoms with Crippen LogP contribution in [0.2, 0.25) is 0 Å². The second kappa shape index (κ2) is 11.3. The van der Waals surface area contributed by atoms with Gasteiger partial charge in [0.05, 0.1) is 12.7 Å². The quantitative estimate of drug-likeness (QED) is 0.320. The van der Waals surface area contributed by atoms with Crippen LogP contribution < -0.4 is 16.8 Å². The van der Waals surface area contributed by atoms with E-state index in [9.17, 15) is 35.9 Å². The maximum absolute atomic E-state index is 12.7. The third-order valence-electron chi connectivity index (χ3n) is 5.22. The van der Waals surface area contributed by atoms with Crippen LogP contribution in [0.4, 0.5) is 37.8 Å². The van der Waals surface area contributed by atoms with Gasteiger partial charge in [-0.15, -0.1) is 0 Å². The second-order valence-corrected chi connectivity index (χ2v) is 7.76. The van der Waals surface area contributed by atoms with Crippen LogP contribution in [0.1, 0.15) is 41.2 Å². The third kappa shape index (κ3) is 7.35. The third-order valence-corrected chi connectivity index (χ3v) is 5.22. The van der Waals surface area contributed by atoms with Gasteiger partial charge < -0.3 is 26.4 Å². The van der Waals surface area contributed by atoms with Crippen LogP contribution in [0.25, 0.3) is 4.85 Å². The first-order valence-corrected chi connectivity index (χ1v) is 10.3. The Morgan fingerprint density at radius 1 is 1.17 bits per heavy atom. The van der Waals surface area contributed by atoms with Gasteiger partial charge in [0, 0.05) is 24.3 Å². The monoisotopic (exact) mass is 520 g/mol. The summed E-state index contributed by atoms with van der Waals surface area (Å²) in [7, 11) is 0.676. The Balaban J connectivity index is 0.000000493. The van der Waals surface area contributed by atoms with Crippen molar-refractivity contribution in [1.29, 1.82) is 0 Å². The number of nitrogens with two attached hydrogens (primary N) is 2. The predicted octanol–water partition coefficient (Wildman–Crippen LogP) is 3.81. The minimum atomic E-state index is -4.85. The number of nitrogens with zero attached hydrogens (tertiary/aromatic N) is 3. The molecular formula is C21H22F6N6O3. The molecular weight excluding hydrogens is 498 g/mol. The smallest absolute Gasteiger partial charge is 0.462 e. The van der Waals surface area contributed by atoms with E-state index in [1.54, 1.807) is 0 Å². The number of methoxy groups -OCH3 is 1. The van der Waals surface area contributed by atoms with Crippen molar-refractivity contribution in [3.8, 4) is 0 Å². The van der Waals surface area contributed by atoms with Crippen molar-refractivity contribution in [3.63, 3.8) is 0 Å². The van der Waals surface area contributed by atoms with Crippen molar-refractivity contribution in [2.24, 2.45) is 11.5 Å². The van der Waals surface area contributed by atoms with Gasteiger partial charge in [-0.05, 0) is 37.1 Å². The molecule has 2 aromatic rings. The molecule has 1 aliphatic carbocycles. The van der Waals surface area contributed by atoms with Gasteiger partial charge in [-0.1, -0.05) is 0 Å². The Morgan fingerprint density at radius 3 is 2.22 bits per heavy atom. The van der Waals surface area contributed by atoms with Crippen LogP contribution in [0, 0.1) is 6.57 Å². The van der Waals surface area contributed by atoms with E-state index < -0.39 is 29.8 Å². The van der Waals surface area contributed by atoms with Crippen molar-refractivity contribution in [1.82, 2.24) is 9.78 Å². The topological polar surface area (TPSA) is 130 Å². The minimum absolute atomic E-state index is 0.0498. The summed E-state index contributed by atoms with van der Waals surface area (Å²) >= 11 is 0. The number of hydrogen-bond acceptors (Lipinski definition) is 6. The van der Waals surface area contributed by atoms with Gasteiger partial charge in [0.25, 0.3) is 5.91 Å². The number of amides is 1. The number of carbonyl (C=O) groups is 2. The molecule has 0 aliphatic heterocycles. The molecule has 9 nitrogen and oxygen atoms in total. The first-order chi connectivity index (χ1) is 16.7. The van der Waals surface area contributed by atoms with E-state index in [4.69, 9.17) is 18.0 Å². The number of carbonyl (C=O) groups excluding carboxylic acids is 2. The SMILES string of the molecule is COC(=O)C(F)(F)F.[C-]#[N+][C@@H]1C[C@@H](N)CC[C@H]1n1cc(C(N)=O)c(Nc2ccc(C(F)(F)F)cc2)n1. The highest BCUT2D eigenvalue weighted by Crippen LogP contribution is 2.33. The molecule has 0 saturated heterocycles. The summed E-state index contributed by atoms with van der Waals surface area (Å²) in [6.07, 6.45) is -5.93. The van der Waals surface area contributed by atoms with Crippen LogP contribution in [0.5, 0.6) is 0 Å². The van der Waals surface area contributed by atoms with Crippen molar-refractivity contribution >= 4 is 23.4 Å². The van der Waals surface area contributed by atoms with E-state index in [0.29, 0.717) is 25.6 Å². The lowest BCUT2D eigenvalue weighted by Gasteiger charge is -2.27. The van der Waals surface area contributed by atoms with Gasteiger partial charge >= 0.3 is 18.3 Å². The second-order valence-electron chi connectivity index (χ2n) is 7.76. The molecule has 1 amide bonds. The number of benzene rings is 1. The van der Waals surface area contributed by atoms with E-state index >= 15 is 0 Å². The number of halogens is 6. The van der Waals surface area contributed by atoms with Crippen LogP contribution in [-0.2, 0) is 15.7 Å². The molecule has 3 rings (SSSR count). The van der Waals surface area contributed by atoms with Gasteiger partial charge in [-0.25, -0.2) is 11.4 Å². The van der Waals surface area contributed by atoms with Crippen LogP contribution in [0.15, 0.2) is 30.5 Å². The highest BCUT2D eigenvalue weighted by atomic mass is 19.4. The molecule has 0 radical (unpaired) electrons. The Morgan fingerprint density at radius 2 is 1.78 bits per heavy atom. The normalized spacial score (nSPS) is 19.9. The molecule has 3 atom stereocenters. The molecule has 0 spiro atoms. The summed E-state index contributed by atoms with van der Waals surface area (Å²) in [5, 5.41) is 7.17. The van der Waals surface area contributed by atoms with Crippen molar-refractivity contribution in [3.05, 3.63) is 53.0 Å². The molecule has 1 saturated carbocycles. The highest BCUT2D eigenvalue weighted by molar-refractivity contribution is 5.98. The number of primary amides is 1. The van der Waals surface area contributed by atoms with Gasteiger partial charge in [0.1, 0.15) is 11.6 Å². The number of aromatic nitrogens is 2. The predicted molar refractivity (Wildman–Crippen MR) is 115 cm³/mol. The van der Waals surface area contributed by atoms with Gasteiger partial charge in [-0.3, -0.25) is 9.48 Å². The summed E-state index contributed by atoms with van der Waals surface area (Å²) in [5.74, 6) is -2.77. The molecule has 5 N–H and O–H groups in total. The van der Waals surface area contributed by atoms with Crippen molar-refractivity contribution in [2.75, 3.05) is 12.4 Å². The van der Waals surface area contributed by atoms with Crippen LogP contribution in [0.3, 0.4) is 0 Å². The van der Waals surface area contributed by atoms with Gasteiger partial charge in [0.15, 0.2) is 5.82 Å². The molecule has 0 unspecified atom stereocenters. The number of rotatable bonds is 4. The fourth-order valence-corrected chi connectivity index (χ4v) is 3.44. The minimum Gasteiger partial charge on any atom is -0.462 e. The van der Waals surface area contributed by atoms with Crippen LogP contribution >= 0.6 is 0 Å². The Labute approximate surface area is 201 Å². The molecule has 0 bridgehead atoms. The van der Waals surface area contributed by atoms with E-state index in [1.165, 1.54) is 23.0 Å². The Kier molecular flexibility index (Phi) is 8.92. The fraction of sp³-hybridized carbons (Fsp3) is 0.429. The zero-order valence-electron chi connectivity index (χ0n) is 18.7. The lowest BCUT2D eigenvalue weighted by molar-refractivity contribution is -0.196. The average Bonchev–Trinajstić information content (AvgIpc) is 3.21. The van der Waals surface area contributed by atoms with Crippen molar-refractivity contribution < 1.29 is 40.7 Å². The van der Waals surface area contributed by atoms with E-state index in [1.807, 2.05) is 0 Å². The Bertz CT molecular complexity index is 1110. The maximum Gasteiger partial charge on any atom is 0.490 e. The first kappa shape index (κ1) is 28.4. The largest absolute Gasteiger partial charge is 0.490 e. The zero-order valence-corrected chi connectivity index (χ0v) is 18.7. The van der Waals surface area contributed by atoms with Crippen LogP contribution in [-0.4, -0.2) is 47.0 Å². The Hall–Kier alpha value is -3.80.